The predicted molar refractivity (Wildman–Crippen MR) is 139 cm³/mol. The molecule has 0 aromatic heterocycles. The first-order valence-corrected chi connectivity index (χ1v) is 13.7. The lowest BCUT2D eigenvalue weighted by molar-refractivity contribution is -0.127. The zero-order chi connectivity index (χ0) is 26.7. The highest BCUT2D eigenvalue weighted by Crippen LogP contribution is 2.49. The Morgan fingerprint density at radius 2 is 1.70 bits per heavy atom. The van der Waals surface area contributed by atoms with E-state index >= 15 is 0 Å². The Bertz CT molecular complexity index is 970. The predicted octanol–water partition coefficient (Wildman–Crippen LogP) is 4.73. The molecule has 4 atom stereocenters. The molecule has 7 nitrogen and oxygen atoms in total. The summed E-state index contributed by atoms with van der Waals surface area (Å²) in [6.45, 7) is 7.56. The summed E-state index contributed by atoms with van der Waals surface area (Å²) in [5.41, 5.74) is 0.205. The second kappa shape index (κ2) is 11.6. The molecule has 0 aliphatic heterocycles. The van der Waals surface area contributed by atoms with Gasteiger partial charge in [0.1, 0.15) is 5.75 Å². The number of benzene rings is 1. The van der Waals surface area contributed by atoms with Crippen molar-refractivity contribution in [3.8, 4) is 11.5 Å². The van der Waals surface area contributed by atoms with Crippen molar-refractivity contribution in [2.24, 2.45) is 29.1 Å². The lowest BCUT2D eigenvalue weighted by atomic mass is 9.83. The lowest BCUT2D eigenvalue weighted by Crippen LogP contribution is -2.50. The maximum Gasteiger partial charge on any atom is 0.255 e. The topological polar surface area (TPSA) is 85.9 Å². The maximum absolute atomic E-state index is 14.9. The normalized spacial score (nSPS) is 29.1. The Kier molecular flexibility index (Phi) is 8.66. The summed E-state index contributed by atoms with van der Waals surface area (Å²) in [7, 11) is 3.13. The summed E-state index contributed by atoms with van der Waals surface area (Å²) in [5, 5.41) is 6.22. The van der Waals surface area contributed by atoms with Gasteiger partial charge in [0.25, 0.3) is 5.91 Å². The third kappa shape index (κ3) is 6.57. The van der Waals surface area contributed by atoms with Crippen LogP contribution in [0, 0.1) is 34.9 Å². The van der Waals surface area contributed by atoms with E-state index in [2.05, 4.69) is 31.4 Å². The van der Waals surface area contributed by atoms with Gasteiger partial charge in [-0.1, -0.05) is 20.8 Å². The van der Waals surface area contributed by atoms with E-state index in [1.807, 2.05) is 0 Å². The molecule has 0 saturated heterocycles. The van der Waals surface area contributed by atoms with Gasteiger partial charge in [0.15, 0.2) is 11.6 Å². The quantitative estimate of drug-likeness (QED) is 0.494. The second-order valence-electron chi connectivity index (χ2n) is 12.3. The Balaban J connectivity index is 1.47. The maximum atomic E-state index is 14.9. The Labute approximate surface area is 220 Å². The van der Waals surface area contributed by atoms with Gasteiger partial charge in [-0.3, -0.25) is 9.59 Å². The molecular weight excluding hydrogens is 475 g/mol. The summed E-state index contributed by atoms with van der Waals surface area (Å²) in [6, 6.07) is 2.42. The average molecular weight is 519 g/mol. The van der Waals surface area contributed by atoms with Crippen LogP contribution in [0.15, 0.2) is 12.1 Å². The van der Waals surface area contributed by atoms with Crippen molar-refractivity contribution >= 4 is 11.8 Å². The number of nitrogens with one attached hydrogen (secondary N) is 2. The number of fused-ring (bicyclic) bond motifs is 2. The molecule has 1 aromatic carbocycles. The summed E-state index contributed by atoms with van der Waals surface area (Å²) in [4.78, 5) is 26.7. The number of amides is 2. The molecule has 8 heteroatoms. The van der Waals surface area contributed by atoms with Crippen LogP contribution in [-0.4, -0.2) is 51.3 Å². The van der Waals surface area contributed by atoms with Crippen LogP contribution >= 0.6 is 0 Å². The number of ether oxygens (including phenoxy) is 3. The Morgan fingerprint density at radius 1 is 1.00 bits per heavy atom. The molecule has 3 aliphatic rings. The van der Waals surface area contributed by atoms with Crippen LogP contribution < -0.4 is 20.1 Å². The van der Waals surface area contributed by atoms with Gasteiger partial charge in [0.05, 0.1) is 24.7 Å². The molecule has 0 spiro atoms. The van der Waals surface area contributed by atoms with Crippen LogP contribution in [0.3, 0.4) is 0 Å². The third-order valence-corrected chi connectivity index (χ3v) is 8.30. The standard InChI is InChI=1S/C29H43FN2O5/c1-29(2,3)16-31-28(34)25-18-8-9-19(12-18)26(25)32-27(33)21-13-24(22(30)14-23(21)36-5)37-20-10-6-17(7-11-20)15-35-4/h13-14,17-20,25-26H,6-12,15-16H2,1-5H3,(H,31,34)(H,32,33)/t17-,18-,19+,20-,25+,26-/m1/s1. The van der Waals surface area contributed by atoms with Crippen LogP contribution in [0.5, 0.6) is 11.5 Å². The van der Waals surface area contributed by atoms with E-state index < -0.39 is 5.82 Å². The smallest absolute Gasteiger partial charge is 0.255 e. The van der Waals surface area contributed by atoms with Crippen molar-refractivity contribution in [2.75, 3.05) is 27.4 Å². The zero-order valence-corrected chi connectivity index (χ0v) is 22.9. The van der Waals surface area contributed by atoms with Crippen molar-refractivity contribution in [1.29, 1.82) is 0 Å². The first-order chi connectivity index (χ1) is 17.6. The minimum Gasteiger partial charge on any atom is -0.496 e. The van der Waals surface area contributed by atoms with Gasteiger partial charge in [0, 0.05) is 32.4 Å². The highest BCUT2D eigenvalue weighted by Gasteiger charge is 2.51. The summed E-state index contributed by atoms with van der Waals surface area (Å²) in [5.74, 6) is 0.102. The van der Waals surface area contributed by atoms with Crippen LogP contribution in [0.1, 0.15) is 76.1 Å². The number of methoxy groups -OCH3 is 2. The van der Waals surface area contributed by atoms with E-state index in [-0.39, 0.29) is 64.2 Å². The van der Waals surface area contributed by atoms with Gasteiger partial charge in [0.2, 0.25) is 5.91 Å². The van der Waals surface area contributed by atoms with Crippen molar-refractivity contribution in [2.45, 2.75) is 77.9 Å². The average Bonchev–Trinajstić information content (AvgIpc) is 3.46. The van der Waals surface area contributed by atoms with E-state index in [0.717, 1.165) is 51.6 Å². The minimum atomic E-state index is -0.549. The molecule has 37 heavy (non-hydrogen) atoms. The number of hydrogen-bond acceptors (Lipinski definition) is 5. The van der Waals surface area contributed by atoms with Gasteiger partial charge < -0.3 is 24.8 Å². The van der Waals surface area contributed by atoms with Crippen LogP contribution in [0.4, 0.5) is 4.39 Å². The Hall–Kier alpha value is -2.35. The molecule has 0 radical (unpaired) electrons. The fraction of sp³-hybridized carbons (Fsp3) is 0.724. The van der Waals surface area contributed by atoms with E-state index in [0.29, 0.717) is 12.5 Å². The second-order valence-corrected chi connectivity index (χ2v) is 12.3. The Morgan fingerprint density at radius 3 is 2.35 bits per heavy atom. The van der Waals surface area contributed by atoms with Gasteiger partial charge >= 0.3 is 0 Å². The number of halogens is 1. The van der Waals surface area contributed by atoms with Gasteiger partial charge in [-0.25, -0.2) is 4.39 Å². The molecule has 0 heterocycles. The molecule has 2 bridgehead atoms. The fourth-order valence-electron chi connectivity index (χ4n) is 6.38. The summed E-state index contributed by atoms with van der Waals surface area (Å²) in [6.07, 6.45) is 6.41. The molecule has 206 valence electrons. The molecule has 0 unspecified atom stereocenters. The largest absolute Gasteiger partial charge is 0.496 e. The molecule has 3 fully saturated rings. The van der Waals surface area contributed by atoms with Crippen LogP contribution in [0.2, 0.25) is 0 Å². The molecule has 3 aliphatic carbocycles. The number of carbonyl (C=O) groups is 2. The van der Waals surface area contributed by atoms with Crippen molar-refractivity contribution in [3.05, 3.63) is 23.5 Å². The van der Waals surface area contributed by atoms with Gasteiger partial charge in [-0.15, -0.1) is 0 Å². The van der Waals surface area contributed by atoms with E-state index in [4.69, 9.17) is 14.2 Å². The first kappa shape index (κ1) is 27.7. The number of rotatable bonds is 9. The van der Waals surface area contributed by atoms with Crippen molar-refractivity contribution in [3.63, 3.8) is 0 Å². The summed E-state index contributed by atoms with van der Waals surface area (Å²) >= 11 is 0. The van der Waals surface area contributed by atoms with Gasteiger partial charge in [-0.05, 0) is 74.2 Å². The van der Waals surface area contributed by atoms with Crippen LogP contribution in [0.25, 0.3) is 0 Å². The van der Waals surface area contributed by atoms with Crippen LogP contribution in [-0.2, 0) is 9.53 Å². The first-order valence-electron chi connectivity index (χ1n) is 13.7. The fourth-order valence-corrected chi connectivity index (χ4v) is 6.38. The monoisotopic (exact) mass is 518 g/mol. The van der Waals surface area contributed by atoms with E-state index in [9.17, 15) is 14.0 Å². The number of carbonyl (C=O) groups excluding carboxylic acids is 2. The number of hydrogen-bond donors (Lipinski definition) is 2. The minimum absolute atomic E-state index is 0.00611. The third-order valence-electron chi connectivity index (χ3n) is 8.30. The van der Waals surface area contributed by atoms with E-state index in [1.165, 1.54) is 19.2 Å². The highest BCUT2D eigenvalue weighted by atomic mass is 19.1. The zero-order valence-electron chi connectivity index (χ0n) is 22.9. The van der Waals surface area contributed by atoms with Gasteiger partial charge in [-0.2, -0.15) is 0 Å². The molecule has 2 N–H and O–H groups in total. The SMILES string of the molecule is COC[C@H]1CC[C@H](Oc2cc(C(=O)N[C@@H]3[C@H]4CC[C@H](C4)[C@@H]3C(=O)NCC(C)(C)C)c(OC)cc2F)CC1. The van der Waals surface area contributed by atoms with Crippen molar-refractivity contribution < 1.29 is 28.2 Å². The van der Waals surface area contributed by atoms with Crippen molar-refractivity contribution in [1.82, 2.24) is 10.6 Å². The molecule has 2 amide bonds. The summed E-state index contributed by atoms with van der Waals surface area (Å²) < 4.78 is 31.6. The molecule has 4 rings (SSSR count). The lowest BCUT2D eigenvalue weighted by Gasteiger charge is -2.32. The van der Waals surface area contributed by atoms with E-state index in [1.54, 1.807) is 7.11 Å². The molecular formula is C29H43FN2O5. The highest BCUT2D eigenvalue weighted by molar-refractivity contribution is 5.98. The molecule has 3 saturated carbocycles. The molecule has 1 aromatic rings.